The van der Waals surface area contributed by atoms with E-state index in [1.165, 1.54) is 24.3 Å². The molecular formula is C18H17NO6. The van der Waals surface area contributed by atoms with E-state index in [0.29, 0.717) is 6.42 Å². The van der Waals surface area contributed by atoms with Gasteiger partial charge in [0, 0.05) is 13.0 Å². The topological polar surface area (TPSA) is 86.0 Å². The van der Waals surface area contributed by atoms with Crippen LogP contribution >= 0.6 is 0 Å². The molecule has 1 aliphatic heterocycles. The zero-order chi connectivity index (χ0) is 17.8. The van der Waals surface area contributed by atoms with Gasteiger partial charge in [-0.3, -0.25) is 4.79 Å². The minimum absolute atomic E-state index is 0.0151. The van der Waals surface area contributed by atoms with Gasteiger partial charge in [0.15, 0.2) is 6.61 Å². The number of carbonyl (C=O) groups excluding carboxylic acids is 3. The van der Waals surface area contributed by atoms with Crippen LogP contribution in [0.3, 0.4) is 0 Å². The second-order valence-corrected chi connectivity index (χ2v) is 5.59. The van der Waals surface area contributed by atoms with Crippen molar-refractivity contribution in [1.82, 2.24) is 4.90 Å². The number of furan rings is 1. The molecule has 1 aromatic heterocycles. The van der Waals surface area contributed by atoms with Crippen molar-refractivity contribution in [1.29, 1.82) is 0 Å². The summed E-state index contributed by atoms with van der Waals surface area (Å²) < 4.78 is 14.7. The van der Waals surface area contributed by atoms with E-state index < -0.39 is 30.5 Å². The van der Waals surface area contributed by atoms with E-state index in [0.717, 1.165) is 11.1 Å². The lowest BCUT2D eigenvalue weighted by molar-refractivity contribution is -0.155. The van der Waals surface area contributed by atoms with Crippen molar-refractivity contribution in [2.75, 3.05) is 13.7 Å². The summed E-state index contributed by atoms with van der Waals surface area (Å²) in [5, 5.41) is 0. The van der Waals surface area contributed by atoms with Crippen molar-refractivity contribution in [3.05, 3.63) is 59.5 Å². The molecule has 7 nitrogen and oxygen atoms in total. The van der Waals surface area contributed by atoms with Crippen molar-refractivity contribution in [3.8, 4) is 0 Å². The number of fused-ring (bicyclic) bond motifs is 1. The molecule has 0 fully saturated rings. The molecule has 0 unspecified atom stereocenters. The number of methoxy groups -OCH3 is 1. The van der Waals surface area contributed by atoms with Gasteiger partial charge in [-0.25, -0.2) is 9.59 Å². The Bertz CT molecular complexity index is 783. The van der Waals surface area contributed by atoms with E-state index in [-0.39, 0.29) is 12.3 Å². The summed E-state index contributed by atoms with van der Waals surface area (Å²) in [4.78, 5) is 37.8. The monoisotopic (exact) mass is 343 g/mol. The van der Waals surface area contributed by atoms with Crippen LogP contribution in [0.4, 0.5) is 0 Å². The Labute approximate surface area is 144 Å². The smallest absolute Gasteiger partial charge is 0.374 e. The zero-order valence-corrected chi connectivity index (χ0v) is 13.6. The third kappa shape index (κ3) is 3.55. The molecule has 3 rings (SSSR count). The van der Waals surface area contributed by atoms with E-state index in [9.17, 15) is 14.4 Å². The van der Waals surface area contributed by atoms with Gasteiger partial charge in [-0.1, -0.05) is 24.3 Å². The molecule has 1 aromatic carbocycles. The Hall–Kier alpha value is -3.09. The summed E-state index contributed by atoms with van der Waals surface area (Å²) in [6, 6.07) is 9.83. The first kappa shape index (κ1) is 16.8. The molecule has 0 saturated carbocycles. The first-order chi connectivity index (χ1) is 12.1. The molecular weight excluding hydrogens is 326 g/mol. The number of rotatable bonds is 4. The lowest BCUT2D eigenvalue weighted by atomic mass is 9.94. The summed E-state index contributed by atoms with van der Waals surface area (Å²) in [6.07, 6.45) is 1.70. The highest BCUT2D eigenvalue weighted by Crippen LogP contribution is 2.24. The largest absolute Gasteiger partial charge is 0.467 e. The van der Waals surface area contributed by atoms with E-state index in [1.807, 2.05) is 24.3 Å². The molecule has 0 spiro atoms. The van der Waals surface area contributed by atoms with Crippen molar-refractivity contribution >= 4 is 17.8 Å². The van der Waals surface area contributed by atoms with Crippen molar-refractivity contribution in [2.24, 2.45) is 0 Å². The molecule has 2 aromatic rings. The maximum atomic E-state index is 12.5. The maximum absolute atomic E-state index is 12.5. The SMILES string of the molecule is COC(=O)[C@@H]1Cc2ccccc2CN1C(=O)COC(=O)c1ccco1. The quantitative estimate of drug-likeness (QED) is 0.783. The first-order valence-corrected chi connectivity index (χ1v) is 7.75. The molecule has 0 radical (unpaired) electrons. The molecule has 0 N–H and O–H groups in total. The Morgan fingerprint density at radius 3 is 2.60 bits per heavy atom. The van der Waals surface area contributed by atoms with Crippen molar-refractivity contribution in [3.63, 3.8) is 0 Å². The van der Waals surface area contributed by atoms with Gasteiger partial charge < -0.3 is 18.8 Å². The number of nitrogens with zero attached hydrogens (tertiary/aromatic N) is 1. The highest BCUT2D eigenvalue weighted by molar-refractivity contribution is 5.90. The van der Waals surface area contributed by atoms with E-state index in [4.69, 9.17) is 13.9 Å². The van der Waals surface area contributed by atoms with Crippen LogP contribution in [-0.4, -0.2) is 42.5 Å². The van der Waals surface area contributed by atoms with Gasteiger partial charge in [0.1, 0.15) is 6.04 Å². The van der Waals surface area contributed by atoms with Crippen LogP contribution in [0.5, 0.6) is 0 Å². The number of ether oxygens (including phenoxy) is 2. The Balaban J connectivity index is 1.72. The fraction of sp³-hybridized carbons (Fsp3) is 0.278. The zero-order valence-electron chi connectivity index (χ0n) is 13.6. The third-order valence-electron chi connectivity index (χ3n) is 4.09. The van der Waals surface area contributed by atoms with Crippen LogP contribution in [0, 0.1) is 0 Å². The van der Waals surface area contributed by atoms with E-state index in [1.54, 1.807) is 6.07 Å². The molecule has 0 bridgehead atoms. The van der Waals surface area contributed by atoms with Crippen LogP contribution in [0.15, 0.2) is 47.1 Å². The van der Waals surface area contributed by atoms with Crippen LogP contribution in [-0.2, 0) is 32.0 Å². The Morgan fingerprint density at radius 1 is 1.16 bits per heavy atom. The average Bonchev–Trinajstić information content (AvgIpc) is 3.19. The maximum Gasteiger partial charge on any atom is 0.374 e. The van der Waals surface area contributed by atoms with Gasteiger partial charge in [0.05, 0.1) is 13.4 Å². The summed E-state index contributed by atoms with van der Waals surface area (Å²) >= 11 is 0. The Morgan fingerprint density at radius 2 is 1.92 bits per heavy atom. The first-order valence-electron chi connectivity index (χ1n) is 7.75. The standard InChI is InChI=1S/C18H17NO6/c1-23-17(21)14-9-12-5-2-3-6-13(12)10-19(14)16(20)11-25-18(22)15-7-4-8-24-15/h2-8,14H,9-11H2,1H3/t14-/m0/s1. The molecule has 7 heteroatoms. The number of hydrogen-bond donors (Lipinski definition) is 0. The van der Waals surface area contributed by atoms with Crippen molar-refractivity contribution in [2.45, 2.75) is 19.0 Å². The molecule has 130 valence electrons. The number of carbonyl (C=O) groups is 3. The van der Waals surface area contributed by atoms with Crippen LogP contribution < -0.4 is 0 Å². The lowest BCUT2D eigenvalue weighted by Gasteiger charge is -2.35. The molecule has 1 amide bonds. The molecule has 2 heterocycles. The highest BCUT2D eigenvalue weighted by Gasteiger charge is 2.35. The summed E-state index contributed by atoms with van der Waals surface area (Å²) in [7, 11) is 1.28. The second kappa shape index (κ2) is 7.21. The summed E-state index contributed by atoms with van der Waals surface area (Å²) in [5.74, 6) is -1.68. The minimum Gasteiger partial charge on any atom is -0.467 e. The fourth-order valence-electron chi connectivity index (χ4n) is 2.81. The van der Waals surface area contributed by atoms with Gasteiger partial charge in [-0.05, 0) is 23.3 Å². The highest BCUT2D eigenvalue weighted by atomic mass is 16.5. The van der Waals surface area contributed by atoms with Gasteiger partial charge in [-0.2, -0.15) is 0 Å². The van der Waals surface area contributed by atoms with Gasteiger partial charge >= 0.3 is 11.9 Å². The van der Waals surface area contributed by atoms with Crippen molar-refractivity contribution < 1.29 is 28.3 Å². The normalized spacial score (nSPS) is 16.0. The molecule has 25 heavy (non-hydrogen) atoms. The number of amides is 1. The van der Waals surface area contributed by atoms with Crippen LogP contribution in [0.25, 0.3) is 0 Å². The summed E-state index contributed by atoms with van der Waals surface area (Å²) in [5.41, 5.74) is 1.95. The summed E-state index contributed by atoms with van der Waals surface area (Å²) in [6.45, 7) is -0.220. The van der Waals surface area contributed by atoms with Gasteiger partial charge in [0.25, 0.3) is 5.91 Å². The number of esters is 2. The lowest BCUT2D eigenvalue weighted by Crippen LogP contribution is -2.50. The van der Waals surface area contributed by atoms with Crippen LogP contribution in [0.2, 0.25) is 0 Å². The number of benzene rings is 1. The van der Waals surface area contributed by atoms with E-state index >= 15 is 0 Å². The molecule has 1 atom stereocenters. The predicted molar refractivity (Wildman–Crippen MR) is 85.5 cm³/mol. The molecule has 0 saturated heterocycles. The molecule has 1 aliphatic rings. The molecule has 0 aliphatic carbocycles. The third-order valence-corrected chi connectivity index (χ3v) is 4.09. The fourth-order valence-corrected chi connectivity index (χ4v) is 2.81. The van der Waals surface area contributed by atoms with Gasteiger partial charge in [-0.15, -0.1) is 0 Å². The van der Waals surface area contributed by atoms with Gasteiger partial charge in [0.2, 0.25) is 5.76 Å². The predicted octanol–water partition coefficient (Wildman–Crippen LogP) is 1.56. The number of hydrogen-bond acceptors (Lipinski definition) is 6. The Kier molecular flexibility index (Phi) is 4.83. The minimum atomic E-state index is -0.741. The second-order valence-electron chi connectivity index (χ2n) is 5.59. The van der Waals surface area contributed by atoms with Crippen LogP contribution in [0.1, 0.15) is 21.7 Å². The average molecular weight is 343 g/mol. The van der Waals surface area contributed by atoms with E-state index in [2.05, 4.69) is 0 Å².